The summed E-state index contributed by atoms with van der Waals surface area (Å²) in [5.41, 5.74) is 1.79. The Morgan fingerprint density at radius 3 is 3.00 bits per heavy atom. The van der Waals surface area contributed by atoms with Gasteiger partial charge < -0.3 is 9.84 Å². The van der Waals surface area contributed by atoms with E-state index in [0.717, 1.165) is 36.2 Å². The molecule has 3 saturated heterocycles. The van der Waals surface area contributed by atoms with Crippen LogP contribution in [0.3, 0.4) is 0 Å². The van der Waals surface area contributed by atoms with Gasteiger partial charge in [-0.2, -0.15) is 0 Å². The minimum atomic E-state index is -0.323. The molecule has 4 nitrogen and oxygen atoms in total. The van der Waals surface area contributed by atoms with E-state index < -0.39 is 0 Å². The molecule has 4 atom stereocenters. The molecule has 3 aliphatic rings. The molecule has 1 N–H and O–H groups in total. The van der Waals surface area contributed by atoms with E-state index in [4.69, 9.17) is 4.74 Å². The number of pyridine rings is 1. The van der Waals surface area contributed by atoms with Gasteiger partial charge in [0, 0.05) is 18.1 Å². The normalized spacial score (nSPS) is 32.0. The van der Waals surface area contributed by atoms with E-state index >= 15 is 0 Å². The number of aliphatic hydroxyl groups excluding tert-OH is 1. The Morgan fingerprint density at radius 1 is 1.46 bits per heavy atom. The predicted molar refractivity (Wildman–Crippen MR) is 95.0 cm³/mol. The summed E-state index contributed by atoms with van der Waals surface area (Å²) < 4.78 is 5.41. The van der Waals surface area contributed by atoms with E-state index in [2.05, 4.69) is 28.6 Å². The number of aliphatic hydroxyl groups is 1. The molecule has 1 aromatic heterocycles. The van der Waals surface area contributed by atoms with E-state index in [1.807, 2.05) is 24.4 Å². The molecule has 4 unspecified atom stereocenters. The number of benzene rings is 1. The largest absolute Gasteiger partial charge is 0.497 e. The number of rotatable bonds is 4. The van der Waals surface area contributed by atoms with Gasteiger partial charge in [0.1, 0.15) is 5.75 Å². The first kappa shape index (κ1) is 15.6. The Hall–Kier alpha value is -1.91. The summed E-state index contributed by atoms with van der Waals surface area (Å²) in [5.74, 6) is 1.94. The van der Waals surface area contributed by atoms with Crippen molar-refractivity contribution in [3.05, 3.63) is 48.7 Å². The summed E-state index contributed by atoms with van der Waals surface area (Å²) in [4.78, 5) is 6.95. The fourth-order valence-electron chi connectivity index (χ4n) is 4.69. The van der Waals surface area contributed by atoms with Gasteiger partial charge in [0.15, 0.2) is 0 Å². The Labute approximate surface area is 142 Å². The van der Waals surface area contributed by atoms with Gasteiger partial charge in [-0.05, 0) is 61.1 Å². The van der Waals surface area contributed by atoms with Crippen LogP contribution in [-0.4, -0.2) is 41.8 Å². The molecular formula is C20H24N2O2. The zero-order valence-corrected chi connectivity index (χ0v) is 14.1. The highest BCUT2D eigenvalue weighted by Crippen LogP contribution is 2.49. The van der Waals surface area contributed by atoms with Crippen molar-refractivity contribution in [3.63, 3.8) is 0 Å². The van der Waals surface area contributed by atoms with Gasteiger partial charge in [0.05, 0.1) is 24.8 Å². The molecular weight excluding hydrogens is 300 g/mol. The van der Waals surface area contributed by atoms with Crippen molar-refractivity contribution < 1.29 is 9.84 Å². The van der Waals surface area contributed by atoms with Crippen molar-refractivity contribution >= 4 is 10.9 Å². The van der Waals surface area contributed by atoms with Crippen LogP contribution in [0, 0.1) is 11.8 Å². The topological polar surface area (TPSA) is 45.6 Å². The van der Waals surface area contributed by atoms with Crippen LogP contribution < -0.4 is 4.74 Å². The third-order valence-electron chi connectivity index (χ3n) is 6.03. The molecule has 0 amide bonds. The summed E-state index contributed by atoms with van der Waals surface area (Å²) in [7, 11) is 1.68. The Bertz CT molecular complexity index is 775. The second-order valence-electron chi connectivity index (χ2n) is 7.03. The van der Waals surface area contributed by atoms with Gasteiger partial charge in [-0.1, -0.05) is 6.08 Å². The highest BCUT2D eigenvalue weighted by Gasteiger charge is 2.50. The van der Waals surface area contributed by atoms with E-state index in [0.29, 0.717) is 11.8 Å². The lowest BCUT2D eigenvalue weighted by Crippen LogP contribution is -2.61. The molecule has 0 radical (unpaired) electrons. The van der Waals surface area contributed by atoms with Crippen LogP contribution in [0.15, 0.2) is 43.1 Å². The van der Waals surface area contributed by atoms with Crippen LogP contribution in [0.5, 0.6) is 5.75 Å². The fraction of sp³-hybridized carbons (Fsp3) is 0.450. The Balaban J connectivity index is 1.87. The summed E-state index contributed by atoms with van der Waals surface area (Å²) in [5, 5.41) is 11.5. The van der Waals surface area contributed by atoms with E-state index in [1.54, 1.807) is 7.11 Å². The first-order valence-electron chi connectivity index (χ1n) is 8.63. The van der Waals surface area contributed by atoms with Crippen molar-refractivity contribution in [1.82, 2.24) is 9.88 Å². The molecule has 2 aromatic rings. The van der Waals surface area contributed by atoms with Crippen molar-refractivity contribution in [2.75, 3.05) is 26.8 Å². The second kappa shape index (κ2) is 5.87. The van der Waals surface area contributed by atoms with Crippen molar-refractivity contribution in [3.8, 4) is 5.75 Å². The molecule has 4 heteroatoms. The third-order valence-corrected chi connectivity index (χ3v) is 6.03. The number of hydrogen-bond acceptors (Lipinski definition) is 4. The number of piperidine rings is 3. The molecule has 0 saturated carbocycles. The van der Waals surface area contributed by atoms with Crippen LogP contribution in [0.2, 0.25) is 0 Å². The van der Waals surface area contributed by atoms with Crippen molar-refractivity contribution in [1.29, 1.82) is 0 Å². The van der Waals surface area contributed by atoms with E-state index in [-0.39, 0.29) is 12.1 Å². The lowest BCUT2D eigenvalue weighted by molar-refractivity contribution is -0.0824. The molecule has 2 bridgehead atoms. The molecule has 0 spiro atoms. The third kappa shape index (κ3) is 2.17. The summed E-state index contributed by atoms with van der Waals surface area (Å²) in [6.45, 7) is 6.14. The Kier molecular flexibility index (Phi) is 3.82. The number of ether oxygens (including phenoxy) is 1. The zero-order valence-electron chi connectivity index (χ0n) is 14.1. The van der Waals surface area contributed by atoms with Gasteiger partial charge in [-0.25, -0.2) is 0 Å². The molecule has 24 heavy (non-hydrogen) atoms. The lowest BCUT2D eigenvalue weighted by Gasteiger charge is -2.56. The average Bonchev–Trinajstić information content (AvgIpc) is 2.67. The van der Waals surface area contributed by atoms with Crippen LogP contribution in [0.4, 0.5) is 0 Å². The van der Waals surface area contributed by atoms with E-state index in [9.17, 15) is 5.11 Å². The summed E-state index contributed by atoms with van der Waals surface area (Å²) >= 11 is 0. The molecule has 5 rings (SSSR count). The number of methoxy groups -OCH3 is 1. The minimum Gasteiger partial charge on any atom is -0.497 e. The number of hydrogen-bond donors (Lipinski definition) is 1. The van der Waals surface area contributed by atoms with Gasteiger partial charge in [0.25, 0.3) is 0 Å². The summed E-state index contributed by atoms with van der Waals surface area (Å²) in [6.07, 6.45) is 6.10. The van der Waals surface area contributed by atoms with Gasteiger partial charge in [-0.15, -0.1) is 6.58 Å². The number of aromatic nitrogens is 1. The van der Waals surface area contributed by atoms with Crippen LogP contribution >= 0.6 is 0 Å². The zero-order chi connectivity index (χ0) is 16.7. The predicted octanol–water partition coefficient (Wildman–Crippen LogP) is 2.96. The molecule has 0 aliphatic carbocycles. The molecule has 3 fully saturated rings. The molecule has 3 aliphatic heterocycles. The molecule has 126 valence electrons. The van der Waals surface area contributed by atoms with Gasteiger partial charge >= 0.3 is 0 Å². The van der Waals surface area contributed by atoms with E-state index in [1.165, 1.54) is 12.0 Å². The average molecular weight is 324 g/mol. The van der Waals surface area contributed by atoms with Crippen molar-refractivity contribution in [2.24, 2.45) is 11.8 Å². The monoisotopic (exact) mass is 324 g/mol. The standard InChI is InChI=1S/C20H24N2O2/c1-3-14-12-22-9-7-15(14)11-20(22,13-23)18-6-8-21-19-5-4-16(24-2)10-17(18)19/h3-6,8,10,14-15,23H,1,7,9,11-13H2,2H3. The minimum absolute atomic E-state index is 0.129. The quantitative estimate of drug-likeness (QED) is 0.878. The van der Waals surface area contributed by atoms with Crippen molar-refractivity contribution in [2.45, 2.75) is 18.4 Å². The summed E-state index contributed by atoms with van der Waals surface area (Å²) in [6, 6.07) is 8.04. The Morgan fingerprint density at radius 2 is 2.33 bits per heavy atom. The number of fused-ring (bicyclic) bond motifs is 4. The SMILES string of the molecule is C=CC1CN2CCC1CC2(CO)c1ccnc2ccc(OC)cc12. The first-order valence-corrected chi connectivity index (χ1v) is 8.63. The number of nitrogens with zero attached hydrogens (tertiary/aromatic N) is 2. The first-order chi connectivity index (χ1) is 11.7. The lowest BCUT2D eigenvalue weighted by atomic mass is 9.66. The van der Waals surface area contributed by atoms with Crippen LogP contribution in [0.1, 0.15) is 18.4 Å². The van der Waals surface area contributed by atoms with Crippen LogP contribution in [-0.2, 0) is 5.54 Å². The maximum absolute atomic E-state index is 10.4. The smallest absolute Gasteiger partial charge is 0.119 e. The molecule has 1 aromatic carbocycles. The van der Waals surface area contributed by atoms with Crippen LogP contribution in [0.25, 0.3) is 10.9 Å². The fourth-order valence-corrected chi connectivity index (χ4v) is 4.69. The highest BCUT2D eigenvalue weighted by molar-refractivity contribution is 5.84. The van der Waals surface area contributed by atoms with Gasteiger partial charge in [-0.3, -0.25) is 9.88 Å². The second-order valence-corrected chi connectivity index (χ2v) is 7.03. The molecule has 4 heterocycles. The maximum Gasteiger partial charge on any atom is 0.119 e. The highest BCUT2D eigenvalue weighted by atomic mass is 16.5. The van der Waals surface area contributed by atoms with Gasteiger partial charge in [0.2, 0.25) is 0 Å². The maximum atomic E-state index is 10.4.